The van der Waals surface area contributed by atoms with Crippen molar-refractivity contribution in [2.75, 3.05) is 0 Å². The van der Waals surface area contributed by atoms with Crippen molar-refractivity contribution in [1.29, 1.82) is 0 Å². The summed E-state index contributed by atoms with van der Waals surface area (Å²) in [7, 11) is 0. The number of imidazole rings is 1. The average molecular weight is 208 g/mol. The van der Waals surface area contributed by atoms with Crippen molar-refractivity contribution in [2.24, 2.45) is 0 Å². The van der Waals surface area contributed by atoms with E-state index in [1.807, 2.05) is 0 Å². The van der Waals surface area contributed by atoms with E-state index in [1.54, 1.807) is 0 Å². The Morgan fingerprint density at radius 1 is 1.40 bits per heavy atom. The fourth-order valence-corrected chi connectivity index (χ4v) is 1.69. The first-order valence-electron chi connectivity index (χ1n) is 6.07. The molecule has 1 rings (SSSR count). The number of nitrogens with zero attached hydrogens (tertiary/aromatic N) is 1. The molecule has 1 unspecified atom stereocenters. The zero-order chi connectivity index (χ0) is 11.5. The highest BCUT2D eigenvalue weighted by Gasteiger charge is 2.22. The summed E-state index contributed by atoms with van der Waals surface area (Å²) in [6.45, 7) is 11.2. The van der Waals surface area contributed by atoms with Crippen LogP contribution in [0.15, 0.2) is 6.20 Å². The van der Waals surface area contributed by atoms with Gasteiger partial charge < -0.3 is 4.98 Å². The standard InChI is InChI=1S/C13H24N2/c1-6-8-10(3)12-14-9-11(15-12)13(4,5)7-2/h9-10H,6-8H2,1-5H3,(H,14,15). The van der Waals surface area contributed by atoms with Gasteiger partial charge in [0.05, 0.1) is 5.69 Å². The second-order valence-electron chi connectivity index (χ2n) is 5.10. The van der Waals surface area contributed by atoms with E-state index in [-0.39, 0.29) is 5.41 Å². The third kappa shape index (κ3) is 2.83. The van der Waals surface area contributed by atoms with Crippen molar-refractivity contribution < 1.29 is 0 Å². The zero-order valence-electron chi connectivity index (χ0n) is 10.7. The van der Waals surface area contributed by atoms with Gasteiger partial charge in [-0.25, -0.2) is 4.98 Å². The summed E-state index contributed by atoms with van der Waals surface area (Å²) < 4.78 is 0. The van der Waals surface area contributed by atoms with E-state index in [4.69, 9.17) is 4.98 Å². The first-order valence-corrected chi connectivity index (χ1v) is 6.07. The van der Waals surface area contributed by atoms with Crippen LogP contribution in [0.5, 0.6) is 0 Å². The number of hydrogen-bond acceptors (Lipinski definition) is 1. The quantitative estimate of drug-likeness (QED) is 0.778. The molecule has 2 heteroatoms. The van der Waals surface area contributed by atoms with Gasteiger partial charge in [0.15, 0.2) is 0 Å². The molecular formula is C13H24N2. The normalized spacial score (nSPS) is 14.2. The van der Waals surface area contributed by atoms with Gasteiger partial charge in [-0.05, 0) is 12.8 Å². The van der Waals surface area contributed by atoms with Gasteiger partial charge in [-0.2, -0.15) is 0 Å². The van der Waals surface area contributed by atoms with Crippen LogP contribution >= 0.6 is 0 Å². The van der Waals surface area contributed by atoms with Gasteiger partial charge >= 0.3 is 0 Å². The first-order chi connectivity index (χ1) is 7.01. The Labute approximate surface area is 93.5 Å². The lowest BCUT2D eigenvalue weighted by atomic mass is 9.87. The van der Waals surface area contributed by atoms with Crippen molar-refractivity contribution in [3.63, 3.8) is 0 Å². The van der Waals surface area contributed by atoms with Crippen molar-refractivity contribution in [3.05, 3.63) is 17.7 Å². The van der Waals surface area contributed by atoms with Crippen LogP contribution in [0.1, 0.15) is 71.3 Å². The summed E-state index contributed by atoms with van der Waals surface area (Å²) in [5.41, 5.74) is 1.39. The summed E-state index contributed by atoms with van der Waals surface area (Å²) >= 11 is 0. The van der Waals surface area contributed by atoms with Crippen molar-refractivity contribution in [1.82, 2.24) is 9.97 Å². The maximum absolute atomic E-state index is 4.72. The van der Waals surface area contributed by atoms with E-state index in [0.717, 1.165) is 12.2 Å². The average Bonchev–Trinajstić information content (AvgIpc) is 2.67. The Bertz CT molecular complexity index is 299. The molecule has 0 bridgehead atoms. The smallest absolute Gasteiger partial charge is 0.109 e. The van der Waals surface area contributed by atoms with Crippen molar-refractivity contribution in [2.45, 2.75) is 65.2 Å². The van der Waals surface area contributed by atoms with Crippen LogP contribution in [0.25, 0.3) is 0 Å². The van der Waals surface area contributed by atoms with Gasteiger partial charge in [-0.3, -0.25) is 0 Å². The van der Waals surface area contributed by atoms with Crippen LogP contribution in [-0.4, -0.2) is 9.97 Å². The summed E-state index contributed by atoms with van der Waals surface area (Å²) in [4.78, 5) is 8.04. The van der Waals surface area contributed by atoms with Crippen LogP contribution in [0.2, 0.25) is 0 Å². The molecule has 0 amide bonds. The predicted molar refractivity (Wildman–Crippen MR) is 65.2 cm³/mol. The van der Waals surface area contributed by atoms with Crippen LogP contribution < -0.4 is 0 Å². The molecule has 0 radical (unpaired) electrons. The summed E-state index contributed by atoms with van der Waals surface area (Å²) in [5, 5.41) is 0. The fourth-order valence-electron chi connectivity index (χ4n) is 1.69. The predicted octanol–water partition coefficient (Wildman–Crippen LogP) is 4.00. The molecule has 0 aliphatic rings. The fraction of sp³-hybridized carbons (Fsp3) is 0.769. The molecule has 0 saturated heterocycles. The zero-order valence-corrected chi connectivity index (χ0v) is 10.7. The highest BCUT2D eigenvalue weighted by Crippen LogP contribution is 2.27. The highest BCUT2D eigenvalue weighted by molar-refractivity contribution is 5.14. The molecule has 86 valence electrons. The van der Waals surface area contributed by atoms with Crippen LogP contribution in [0.4, 0.5) is 0 Å². The maximum atomic E-state index is 4.72. The number of H-pyrrole nitrogens is 1. The second-order valence-corrected chi connectivity index (χ2v) is 5.10. The second kappa shape index (κ2) is 4.82. The van der Waals surface area contributed by atoms with Gasteiger partial charge in [-0.15, -0.1) is 0 Å². The lowest BCUT2D eigenvalue weighted by molar-refractivity contribution is 0.490. The minimum absolute atomic E-state index is 0.195. The monoisotopic (exact) mass is 208 g/mol. The van der Waals surface area contributed by atoms with Crippen molar-refractivity contribution >= 4 is 0 Å². The minimum atomic E-state index is 0.195. The molecule has 0 aromatic carbocycles. The summed E-state index contributed by atoms with van der Waals surface area (Å²) in [5.74, 6) is 1.70. The molecule has 0 saturated carbocycles. The van der Waals surface area contributed by atoms with E-state index in [2.05, 4.69) is 45.8 Å². The van der Waals surface area contributed by atoms with Crippen LogP contribution in [0.3, 0.4) is 0 Å². The van der Waals surface area contributed by atoms with E-state index in [1.165, 1.54) is 18.5 Å². The van der Waals surface area contributed by atoms with Crippen LogP contribution in [-0.2, 0) is 5.41 Å². The number of nitrogens with one attached hydrogen (secondary N) is 1. The molecule has 0 aliphatic heterocycles. The number of rotatable bonds is 5. The SMILES string of the molecule is CCCC(C)c1nc(C(C)(C)CC)c[nH]1. The molecule has 1 N–H and O–H groups in total. The van der Waals surface area contributed by atoms with E-state index in [9.17, 15) is 0 Å². The highest BCUT2D eigenvalue weighted by atomic mass is 14.9. The Morgan fingerprint density at radius 2 is 2.07 bits per heavy atom. The van der Waals surface area contributed by atoms with E-state index in [0.29, 0.717) is 5.92 Å². The summed E-state index contributed by atoms with van der Waals surface area (Å²) in [6.07, 6.45) is 5.62. The molecule has 1 aromatic rings. The summed E-state index contributed by atoms with van der Waals surface area (Å²) in [6, 6.07) is 0. The molecular weight excluding hydrogens is 184 g/mol. The number of aromatic amines is 1. The van der Waals surface area contributed by atoms with E-state index < -0.39 is 0 Å². The third-order valence-electron chi connectivity index (χ3n) is 3.36. The molecule has 1 aromatic heterocycles. The largest absolute Gasteiger partial charge is 0.348 e. The molecule has 2 nitrogen and oxygen atoms in total. The van der Waals surface area contributed by atoms with Gasteiger partial charge in [0.1, 0.15) is 5.82 Å². The lowest BCUT2D eigenvalue weighted by Gasteiger charge is -2.19. The Kier molecular flexibility index (Phi) is 3.95. The molecule has 0 aliphatic carbocycles. The van der Waals surface area contributed by atoms with E-state index >= 15 is 0 Å². The number of aromatic nitrogens is 2. The lowest BCUT2D eigenvalue weighted by Crippen LogP contribution is -2.16. The topological polar surface area (TPSA) is 28.7 Å². The molecule has 15 heavy (non-hydrogen) atoms. The maximum Gasteiger partial charge on any atom is 0.109 e. The first kappa shape index (κ1) is 12.3. The molecule has 0 spiro atoms. The number of hydrogen-bond donors (Lipinski definition) is 1. The Hall–Kier alpha value is -0.790. The Morgan fingerprint density at radius 3 is 2.60 bits per heavy atom. The molecule has 1 atom stereocenters. The van der Waals surface area contributed by atoms with Crippen LogP contribution in [0, 0.1) is 0 Å². The molecule has 1 heterocycles. The van der Waals surface area contributed by atoms with Gasteiger partial charge in [-0.1, -0.05) is 41.0 Å². The van der Waals surface area contributed by atoms with Gasteiger partial charge in [0.2, 0.25) is 0 Å². The third-order valence-corrected chi connectivity index (χ3v) is 3.36. The van der Waals surface area contributed by atoms with Crippen molar-refractivity contribution in [3.8, 4) is 0 Å². The Balaban J connectivity index is 2.80. The van der Waals surface area contributed by atoms with Gasteiger partial charge in [0.25, 0.3) is 0 Å². The molecule has 0 fully saturated rings. The van der Waals surface area contributed by atoms with Gasteiger partial charge in [0, 0.05) is 17.5 Å². The minimum Gasteiger partial charge on any atom is -0.348 e.